The number of rotatable bonds is 6. The number of hydrogen-bond donors (Lipinski definition) is 2. The molecule has 0 aliphatic rings. The topological polar surface area (TPSA) is 67.2 Å². The monoisotopic (exact) mass is 329 g/mol. The second-order valence-corrected chi connectivity index (χ2v) is 6.33. The number of para-hydroxylation sites is 2. The van der Waals surface area contributed by atoms with Gasteiger partial charge >= 0.3 is 0 Å². The van der Waals surface area contributed by atoms with E-state index in [9.17, 15) is 4.79 Å². The molecule has 1 amide bonds. The largest absolute Gasteiger partial charge is 0.295 e. The van der Waals surface area contributed by atoms with Gasteiger partial charge in [-0.15, -0.1) is 11.3 Å². The molecule has 0 atom stereocenters. The summed E-state index contributed by atoms with van der Waals surface area (Å²) < 4.78 is 2.11. The van der Waals surface area contributed by atoms with E-state index in [4.69, 9.17) is 10.2 Å². The molecule has 0 saturated heterocycles. The number of imidazole rings is 1. The van der Waals surface area contributed by atoms with Crippen molar-refractivity contribution >= 4 is 28.3 Å². The molecule has 0 aliphatic carbocycles. The van der Waals surface area contributed by atoms with Gasteiger partial charge < -0.3 is 0 Å². The van der Waals surface area contributed by atoms with E-state index in [-0.39, 0.29) is 0 Å². The van der Waals surface area contributed by atoms with Crippen LogP contribution < -0.4 is 5.48 Å². The van der Waals surface area contributed by atoms with E-state index in [0.717, 1.165) is 35.4 Å². The number of benzene rings is 1. The maximum Gasteiger partial charge on any atom is 0.284 e. The van der Waals surface area contributed by atoms with Crippen molar-refractivity contribution in [2.75, 3.05) is 0 Å². The van der Waals surface area contributed by atoms with E-state index < -0.39 is 5.91 Å². The van der Waals surface area contributed by atoms with E-state index in [1.54, 1.807) is 11.5 Å². The highest BCUT2D eigenvalue weighted by Gasteiger charge is 2.15. The lowest BCUT2D eigenvalue weighted by atomic mass is 10.2. The summed E-state index contributed by atoms with van der Waals surface area (Å²) in [6.07, 6.45) is 4.33. The van der Waals surface area contributed by atoms with Crippen molar-refractivity contribution in [1.29, 1.82) is 0 Å². The smallest absolute Gasteiger partial charge is 0.284 e. The number of hydrogen-bond acceptors (Lipinski definition) is 4. The number of amides is 1. The summed E-state index contributed by atoms with van der Waals surface area (Å²) in [6, 6.07) is 9.80. The van der Waals surface area contributed by atoms with Gasteiger partial charge in [-0.1, -0.05) is 31.9 Å². The van der Waals surface area contributed by atoms with Gasteiger partial charge in [-0.05, 0) is 24.6 Å². The highest BCUT2D eigenvalue weighted by Crippen LogP contribution is 2.26. The molecule has 2 N–H and O–H groups in total. The summed E-state index contributed by atoms with van der Waals surface area (Å²) in [5.41, 5.74) is 4.58. The number of nitrogens with zero attached hydrogens (tertiary/aromatic N) is 2. The molecule has 0 fully saturated rings. The number of aromatic nitrogens is 2. The first-order chi connectivity index (χ1) is 11.2. The lowest BCUT2D eigenvalue weighted by Gasteiger charge is -2.06. The van der Waals surface area contributed by atoms with Gasteiger partial charge in [-0.25, -0.2) is 10.5 Å². The Kier molecular flexibility index (Phi) is 4.73. The summed E-state index contributed by atoms with van der Waals surface area (Å²) in [4.78, 5) is 16.8. The summed E-state index contributed by atoms with van der Waals surface area (Å²) >= 11 is 1.31. The molecule has 2 aromatic heterocycles. The van der Waals surface area contributed by atoms with Crippen LogP contribution in [0.3, 0.4) is 0 Å². The number of nitrogens with one attached hydrogen (secondary N) is 1. The zero-order valence-corrected chi connectivity index (χ0v) is 13.8. The molecule has 120 valence electrons. The zero-order valence-electron chi connectivity index (χ0n) is 13.0. The number of unbranched alkanes of at least 4 members (excludes halogenated alkanes) is 2. The van der Waals surface area contributed by atoms with Crippen molar-refractivity contribution in [2.45, 2.75) is 32.6 Å². The molecule has 6 heteroatoms. The van der Waals surface area contributed by atoms with E-state index in [0.29, 0.717) is 4.88 Å². The summed E-state index contributed by atoms with van der Waals surface area (Å²) in [5, 5.41) is 10.7. The number of thiophene rings is 1. The Morgan fingerprint density at radius 1 is 1.35 bits per heavy atom. The second-order valence-electron chi connectivity index (χ2n) is 5.42. The summed E-state index contributed by atoms with van der Waals surface area (Å²) in [5.74, 6) is 0.520. The van der Waals surface area contributed by atoms with Crippen LogP contribution in [0.25, 0.3) is 16.7 Å². The van der Waals surface area contributed by atoms with Gasteiger partial charge in [0.15, 0.2) is 0 Å². The first-order valence-corrected chi connectivity index (χ1v) is 8.62. The van der Waals surface area contributed by atoms with Crippen LogP contribution in [-0.4, -0.2) is 20.7 Å². The molecule has 0 aliphatic heterocycles. The zero-order chi connectivity index (χ0) is 16.2. The molecule has 0 spiro atoms. The van der Waals surface area contributed by atoms with Gasteiger partial charge in [0, 0.05) is 11.8 Å². The fourth-order valence-electron chi connectivity index (χ4n) is 2.68. The van der Waals surface area contributed by atoms with Crippen LogP contribution in [0.15, 0.2) is 35.7 Å². The number of hydroxylamine groups is 1. The normalized spacial score (nSPS) is 11.0. The van der Waals surface area contributed by atoms with Crippen LogP contribution >= 0.6 is 11.3 Å². The van der Waals surface area contributed by atoms with Crippen molar-refractivity contribution in [1.82, 2.24) is 15.0 Å². The van der Waals surface area contributed by atoms with Crippen LogP contribution in [0.4, 0.5) is 0 Å². The summed E-state index contributed by atoms with van der Waals surface area (Å²) in [7, 11) is 0. The van der Waals surface area contributed by atoms with E-state index in [1.807, 2.05) is 29.6 Å². The van der Waals surface area contributed by atoms with Crippen LogP contribution in [-0.2, 0) is 6.42 Å². The maximum atomic E-state index is 11.6. The molecule has 3 rings (SSSR count). The average molecular weight is 329 g/mol. The Bertz CT molecular complexity index is 822. The molecule has 0 unspecified atom stereocenters. The van der Waals surface area contributed by atoms with Gasteiger partial charge in [0.2, 0.25) is 0 Å². The number of fused-ring (bicyclic) bond motifs is 1. The predicted molar refractivity (Wildman–Crippen MR) is 91.4 cm³/mol. The van der Waals surface area contributed by atoms with Gasteiger partial charge in [-0.2, -0.15) is 0 Å². The highest BCUT2D eigenvalue weighted by molar-refractivity contribution is 7.12. The highest BCUT2D eigenvalue weighted by atomic mass is 32.1. The minimum atomic E-state index is -0.488. The third kappa shape index (κ3) is 3.13. The maximum absolute atomic E-state index is 11.6. The molecule has 0 bridgehead atoms. The molecule has 0 radical (unpaired) electrons. The molecule has 0 saturated carbocycles. The first kappa shape index (κ1) is 15.7. The fourth-order valence-corrected chi connectivity index (χ4v) is 3.45. The van der Waals surface area contributed by atoms with Crippen molar-refractivity contribution < 1.29 is 10.0 Å². The number of aryl methyl sites for hydroxylation is 1. The molecule has 5 nitrogen and oxygen atoms in total. The Morgan fingerprint density at radius 3 is 2.96 bits per heavy atom. The molecule has 1 aromatic carbocycles. The summed E-state index contributed by atoms with van der Waals surface area (Å²) in [6.45, 7) is 2.18. The average Bonchev–Trinajstić information content (AvgIpc) is 3.18. The lowest BCUT2D eigenvalue weighted by Crippen LogP contribution is -2.17. The van der Waals surface area contributed by atoms with Gasteiger partial charge in [0.25, 0.3) is 5.91 Å². The number of carbonyl (C=O) groups is 1. The second kappa shape index (κ2) is 6.93. The third-order valence-corrected chi connectivity index (χ3v) is 4.72. The van der Waals surface area contributed by atoms with Crippen LogP contribution in [0, 0.1) is 0 Å². The van der Waals surface area contributed by atoms with Crippen LogP contribution in [0.2, 0.25) is 0 Å². The Hall–Kier alpha value is -2.18. The molecular weight excluding hydrogens is 310 g/mol. The van der Waals surface area contributed by atoms with Crippen molar-refractivity contribution in [3.05, 3.63) is 46.4 Å². The first-order valence-electron chi connectivity index (χ1n) is 7.74. The molecular formula is C17H19N3O2S. The van der Waals surface area contributed by atoms with Gasteiger partial charge in [0.05, 0.1) is 21.6 Å². The Balaban J connectivity index is 2.05. The van der Waals surface area contributed by atoms with Crippen molar-refractivity contribution in [2.24, 2.45) is 0 Å². The third-order valence-electron chi connectivity index (χ3n) is 3.80. The van der Waals surface area contributed by atoms with Gasteiger partial charge in [0.1, 0.15) is 5.82 Å². The molecule has 23 heavy (non-hydrogen) atoms. The van der Waals surface area contributed by atoms with Crippen LogP contribution in [0.5, 0.6) is 0 Å². The van der Waals surface area contributed by atoms with E-state index >= 15 is 0 Å². The van der Waals surface area contributed by atoms with Gasteiger partial charge in [-0.3, -0.25) is 14.6 Å². The fraction of sp³-hybridized carbons (Fsp3) is 0.294. The predicted octanol–water partition coefficient (Wildman–Crippen LogP) is 3.94. The minimum Gasteiger partial charge on any atom is -0.295 e. The van der Waals surface area contributed by atoms with Crippen molar-refractivity contribution in [3.8, 4) is 5.69 Å². The minimum absolute atomic E-state index is 0.472. The lowest BCUT2D eigenvalue weighted by molar-refractivity contribution is 0.0711. The SMILES string of the molecule is CCCCCc1nc2ccccc2n1-c1csc(C(=O)NO)c1. The molecule has 2 heterocycles. The van der Waals surface area contributed by atoms with E-state index in [2.05, 4.69) is 11.5 Å². The Labute approximate surface area is 138 Å². The van der Waals surface area contributed by atoms with E-state index in [1.165, 1.54) is 24.2 Å². The standard InChI is InChI=1S/C17H19N3O2S/c1-2-3-4-9-16-18-13-7-5-6-8-14(13)20(16)12-10-15(23-11-12)17(21)19-22/h5-8,10-11,22H,2-4,9H2,1H3,(H,19,21). The Morgan fingerprint density at radius 2 is 2.17 bits per heavy atom. The number of carbonyl (C=O) groups excluding carboxylic acids is 1. The van der Waals surface area contributed by atoms with Crippen LogP contribution in [0.1, 0.15) is 41.7 Å². The van der Waals surface area contributed by atoms with Crippen molar-refractivity contribution in [3.63, 3.8) is 0 Å². The quantitative estimate of drug-likeness (QED) is 0.409. The molecule has 3 aromatic rings.